The maximum absolute atomic E-state index is 10.8. The number of hydrogen-bond acceptors (Lipinski definition) is 5. The Morgan fingerprint density at radius 2 is 2.19 bits per heavy atom. The van der Waals surface area contributed by atoms with Crippen LogP contribution in [-0.4, -0.2) is 16.5 Å². The highest BCUT2D eigenvalue weighted by atomic mass is 16.6. The maximum Gasteiger partial charge on any atom is 0.290 e. The largest absolute Gasteiger partial charge is 0.377 e. The smallest absolute Gasteiger partial charge is 0.290 e. The van der Waals surface area contributed by atoms with E-state index in [4.69, 9.17) is 4.74 Å². The summed E-state index contributed by atoms with van der Waals surface area (Å²) in [5.41, 5.74) is 2.52. The highest BCUT2D eigenvalue weighted by Crippen LogP contribution is 2.22. The first-order valence-corrected chi connectivity index (χ1v) is 6.65. The van der Waals surface area contributed by atoms with Crippen molar-refractivity contribution < 1.29 is 9.66 Å². The van der Waals surface area contributed by atoms with E-state index >= 15 is 0 Å². The van der Waals surface area contributed by atoms with Gasteiger partial charge in [0.2, 0.25) is 0 Å². The summed E-state index contributed by atoms with van der Waals surface area (Å²) in [4.78, 5) is 14.4. The summed E-state index contributed by atoms with van der Waals surface area (Å²) in [5, 5.41) is 13.9. The molecule has 0 aliphatic carbocycles. The van der Waals surface area contributed by atoms with E-state index in [1.54, 1.807) is 13.0 Å². The number of nitro groups is 1. The maximum atomic E-state index is 10.8. The first-order valence-electron chi connectivity index (χ1n) is 6.65. The van der Waals surface area contributed by atoms with Crippen molar-refractivity contribution in [3.8, 4) is 0 Å². The molecule has 0 fully saturated rings. The van der Waals surface area contributed by atoms with Crippen LogP contribution in [0.4, 0.5) is 17.2 Å². The minimum absolute atomic E-state index is 0.0191. The van der Waals surface area contributed by atoms with E-state index < -0.39 is 4.92 Å². The molecule has 0 amide bonds. The summed E-state index contributed by atoms with van der Waals surface area (Å²) in [6, 6.07) is 9.44. The number of aromatic nitrogens is 1. The second-order valence-corrected chi connectivity index (χ2v) is 4.58. The lowest BCUT2D eigenvalue weighted by molar-refractivity contribution is -0.385. The Kier molecular flexibility index (Phi) is 4.84. The van der Waals surface area contributed by atoms with E-state index in [1.165, 1.54) is 6.20 Å². The molecule has 0 spiro atoms. The summed E-state index contributed by atoms with van der Waals surface area (Å²) in [7, 11) is 0. The zero-order valence-electron chi connectivity index (χ0n) is 12.0. The zero-order chi connectivity index (χ0) is 15.2. The van der Waals surface area contributed by atoms with Crippen LogP contribution >= 0.6 is 0 Å². The molecular formula is C15H17N3O3. The van der Waals surface area contributed by atoms with Gasteiger partial charge in [0.15, 0.2) is 0 Å². The molecule has 1 aromatic carbocycles. The van der Waals surface area contributed by atoms with Gasteiger partial charge < -0.3 is 10.1 Å². The molecule has 6 heteroatoms. The number of ether oxygens (including phenoxy) is 1. The van der Waals surface area contributed by atoms with Crippen molar-refractivity contribution in [3.63, 3.8) is 0 Å². The Morgan fingerprint density at radius 1 is 1.38 bits per heavy atom. The van der Waals surface area contributed by atoms with E-state index in [-0.39, 0.29) is 5.69 Å². The minimum Gasteiger partial charge on any atom is -0.377 e. The number of anilines is 2. The number of hydrogen-bond donors (Lipinski definition) is 1. The second kappa shape index (κ2) is 6.81. The van der Waals surface area contributed by atoms with Crippen molar-refractivity contribution in [2.24, 2.45) is 0 Å². The van der Waals surface area contributed by atoms with Crippen LogP contribution in [0, 0.1) is 17.0 Å². The van der Waals surface area contributed by atoms with Gasteiger partial charge in [-0.2, -0.15) is 0 Å². The van der Waals surface area contributed by atoms with Crippen molar-refractivity contribution >= 4 is 17.2 Å². The molecule has 0 aliphatic rings. The van der Waals surface area contributed by atoms with Gasteiger partial charge in [-0.3, -0.25) is 10.1 Å². The Balaban J connectivity index is 2.14. The first kappa shape index (κ1) is 14.9. The van der Waals surface area contributed by atoms with Gasteiger partial charge in [0.1, 0.15) is 12.0 Å². The summed E-state index contributed by atoms with van der Waals surface area (Å²) in [6.07, 6.45) is 1.27. The van der Waals surface area contributed by atoms with Crippen LogP contribution in [-0.2, 0) is 11.3 Å². The van der Waals surface area contributed by atoms with Crippen LogP contribution in [0.15, 0.2) is 36.5 Å². The van der Waals surface area contributed by atoms with Crippen LogP contribution in [0.25, 0.3) is 0 Å². The fraction of sp³-hybridized carbons (Fsp3) is 0.267. The van der Waals surface area contributed by atoms with Gasteiger partial charge in [-0.25, -0.2) is 4.98 Å². The number of benzene rings is 1. The fourth-order valence-corrected chi connectivity index (χ4v) is 1.91. The van der Waals surface area contributed by atoms with Gasteiger partial charge >= 0.3 is 0 Å². The summed E-state index contributed by atoms with van der Waals surface area (Å²) >= 11 is 0. The molecule has 0 saturated carbocycles. The molecule has 2 rings (SSSR count). The van der Waals surface area contributed by atoms with Gasteiger partial charge in [-0.1, -0.05) is 12.1 Å². The Bertz CT molecular complexity index is 644. The number of nitrogens with zero attached hydrogens (tertiary/aromatic N) is 2. The average molecular weight is 287 g/mol. The van der Waals surface area contributed by atoms with Gasteiger partial charge in [0.25, 0.3) is 5.69 Å². The molecule has 0 unspecified atom stereocenters. The molecule has 110 valence electrons. The number of pyridine rings is 1. The molecule has 0 atom stereocenters. The topological polar surface area (TPSA) is 77.3 Å². The molecule has 1 aromatic heterocycles. The third-order valence-electron chi connectivity index (χ3n) is 2.95. The quantitative estimate of drug-likeness (QED) is 0.649. The van der Waals surface area contributed by atoms with Crippen LogP contribution < -0.4 is 5.32 Å². The highest BCUT2D eigenvalue weighted by molar-refractivity contribution is 5.59. The molecule has 0 saturated heterocycles. The Hall–Kier alpha value is -2.47. The van der Waals surface area contributed by atoms with Crippen molar-refractivity contribution in [1.82, 2.24) is 4.98 Å². The van der Waals surface area contributed by atoms with Crippen LogP contribution in [0.2, 0.25) is 0 Å². The molecular weight excluding hydrogens is 270 g/mol. The lowest BCUT2D eigenvalue weighted by Crippen LogP contribution is -1.99. The third kappa shape index (κ3) is 4.00. The van der Waals surface area contributed by atoms with Crippen LogP contribution in [0.1, 0.15) is 18.1 Å². The predicted molar refractivity (Wildman–Crippen MR) is 80.7 cm³/mol. The molecule has 21 heavy (non-hydrogen) atoms. The Morgan fingerprint density at radius 3 is 2.86 bits per heavy atom. The average Bonchev–Trinajstić information content (AvgIpc) is 2.45. The van der Waals surface area contributed by atoms with Crippen molar-refractivity contribution in [3.05, 3.63) is 57.8 Å². The van der Waals surface area contributed by atoms with Gasteiger partial charge in [-0.15, -0.1) is 0 Å². The van der Waals surface area contributed by atoms with E-state index in [2.05, 4.69) is 10.3 Å². The summed E-state index contributed by atoms with van der Waals surface area (Å²) < 4.78 is 5.37. The summed E-state index contributed by atoms with van der Waals surface area (Å²) in [5.74, 6) is 0.576. The lowest BCUT2D eigenvalue weighted by atomic mass is 10.2. The number of aryl methyl sites for hydroxylation is 1. The molecule has 6 nitrogen and oxygen atoms in total. The van der Waals surface area contributed by atoms with E-state index in [0.717, 1.165) is 11.3 Å². The molecule has 2 aromatic rings. The van der Waals surface area contributed by atoms with Crippen molar-refractivity contribution in [2.75, 3.05) is 11.9 Å². The summed E-state index contributed by atoms with van der Waals surface area (Å²) in [6.45, 7) is 4.86. The molecule has 0 aliphatic heterocycles. The minimum atomic E-state index is -0.436. The van der Waals surface area contributed by atoms with Crippen molar-refractivity contribution in [1.29, 1.82) is 0 Å². The van der Waals surface area contributed by atoms with Crippen LogP contribution in [0.3, 0.4) is 0 Å². The van der Waals surface area contributed by atoms with Gasteiger partial charge in [0, 0.05) is 17.9 Å². The second-order valence-electron chi connectivity index (χ2n) is 4.58. The van der Waals surface area contributed by atoms with E-state index in [1.807, 2.05) is 31.2 Å². The highest BCUT2D eigenvalue weighted by Gasteiger charge is 2.11. The SMILES string of the molecule is CCOCc1cccc(Nc2cc(C)c([N+](=O)[O-])cn2)c1. The standard InChI is InChI=1S/C15H17N3O3/c1-3-21-10-12-5-4-6-13(8-12)17-15-7-11(2)14(9-16-15)18(19)20/h4-9H,3,10H2,1-2H3,(H,16,17). The number of rotatable bonds is 6. The zero-order valence-corrected chi connectivity index (χ0v) is 12.0. The van der Waals surface area contributed by atoms with Gasteiger partial charge in [-0.05, 0) is 37.6 Å². The lowest BCUT2D eigenvalue weighted by Gasteiger charge is -2.08. The van der Waals surface area contributed by atoms with E-state index in [0.29, 0.717) is 24.6 Å². The fourth-order valence-electron chi connectivity index (χ4n) is 1.91. The van der Waals surface area contributed by atoms with Gasteiger partial charge in [0.05, 0.1) is 11.5 Å². The molecule has 0 bridgehead atoms. The predicted octanol–water partition coefficient (Wildman–Crippen LogP) is 3.58. The normalized spacial score (nSPS) is 10.4. The molecule has 1 heterocycles. The van der Waals surface area contributed by atoms with Crippen LogP contribution in [0.5, 0.6) is 0 Å². The number of nitrogens with one attached hydrogen (secondary N) is 1. The molecule has 1 N–H and O–H groups in total. The van der Waals surface area contributed by atoms with Crippen molar-refractivity contribution in [2.45, 2.75) is 20.5 Å². The third-order valence-corrected chi connectivity index (χ3v) is 2.95. The molecule has 0 radical (unpaired) electrons. The monoisotopic (exact) mass is 287 g/mol. The Labute approximate surface area is 122 Å². The van der Waals surface area contributed by atoms with E-state index in [9.17, 15) is 10.1 Å². The first-order chi connectivity index (χ1) is 10.1.